The van der Waals surface area contributed by atoms with Crippen molar-refractivity contribution in [1.29, 1.82) is 0 Å². The lowest BCUT2D eigenvalue weighted by atomic mass is 10.3. The second kappa shape index (κ2) is 4.27. The summed E-state index contributed by atoms with van der Waals surface area (Å²) in [4.78, 5) is 15.5. The number of hydrogen-bond donors (Lipinski definition) is 2. The molecule has 0 amide bonds. The van der Waals surface area contributed by atoms with Gasteiger partial charge in [-0.25, -0.2) is 23.4 Å². The summed E-state index contributed by atoms with van der Waals surface area (Å²) in [5.74, 6) is 0.620. The minimum Gasteiger partial charge on any atom is -0.382 e. The van der Waals surface area contributed by atoms with Crippen LogP contribution in [0.4, 0.5) is 5.82 Å². The Hall–Kier alpha value is -2.48. The van der Waals surface area contributed by atoms with Crippen molar-refractivity contribution in [3.8, 4) is 11.5 Å². The monoisotopic (exact) mass is 289 g/mol. The summed E-state index contributed by atoms with van der Waals surface area (Å²) in [6, 6.07) is 4.91. The molecule has 0 bridgehead atoms. The van der Waals surface area contributed by atoms with Gasteiger partial charge in [-0.1, -0.05) is 6.07 Å². The molecule has 0 aliphatic carbocycles. The molecule has 0 radical (unpaired) electrons. The molecule has 20 heavy (non-hydrogen) atoms. The fourth-order valence-electron chi connectivity index (χ4n) is 1.95. The van der Waals surface area contributed by atoms with Crippen molar-refractivity contribution < 1.29 is 8.42 Å². The summed E-state index contributed by atoms with van der Waals surface area (Å²) in [6.45, 7) is 0. The predicted octanol–water partition coefficient (Wildman–Crippen LogP) is 1.01. The van der Waals surface area contributed by atoms with Crippen molar-refractivity contribution in [1.82, 2.24) is 19.9 Å². The lowest BCUT2D eigenvalue weighted by Gasteiger charge is -1.98. The predicted molar refractivity (Wildman–Crippen MR) is 74.6 cm³/mol. The molecule has 0 spiro atoms. The molecule has 0 unspecified atom stereocenters. The highest BCUT2D eigenvalue weighted by atomic mass is 32.2. The number of aromatic amines is 1. The molecule has 0 aliphatic rings. The van der Waals surface area contributed by atoms with E-state index in [9.17, 15) is 8.42 Å². The smallest absolute Gasteiger partial charge is 0.177 e. The topological polar surface area (TPSA) is 115 Å². The SMILES string of the molecule is CS(=O)(=O)c1cccc2[nH]c(-c3nccnc3N)nc12. The third-order valence-electron chi connectivity index (χ3n) is 2.83. The number of aromatic nitrogens is 4. The number of anilines is 1. The van der Waals surface area contributed by atoms with Gasteiger partial charge in [-0.05, 0) is 12.1 Å². The quantitative estimate of drug-likeness (QED) is 0.727. The number of nitrogen functional groups attached to an aromatic ring is 1. The van der Waals surface area contributed by atoms with E-state index in [4.69, 9.17) is 5.73 Å². The van der Waals surface area contributed by atoms with Gasteiger partial charge >= 0.3 is 0 Å². The van der Waals surface area contributed by atoms with Crippen molar-refractivity contribution in [3.05, 3.63) is 30.6 Å². The van der Waals surface area contributed by atoms with Crippen LogP contribution in [0.25, 0.3) is 22.6 Å². The fraction of sp³-hybridized carbons (Fsp3) is 0.0833. The highest BCUT2D eigenvalue weighted by molar-refractivity contribution is 7.91. The standard InChI is InChI=1S/C12H11N5O2S/c1-20(18,19)8-4-2-3-7-9(8)17-12(16-7)10-11(13)15-6-5-14-10/h2-6H,1H3,(H2,13,15)(H,16,17). The van der Waals surface area contributed by atoms with Crippen LogP contribution < -0.4 is 5.73 Å². The number of rotatable bonds is 2. The number of sulfone groups is 1. The van der Waals surface area contributed by atoms with Crippen molar-refractivity contribution in [2.75, 3.05) is 12.0 Å². The zero-order valence-electron chi connectivity index (χ0n) is 10.5. The van der Waals surface area contributed by atoms with Gasteiger partial charge in [0, 0.05) is 18.6 Å². The lowest BCUT2D eigenvalue weighted by Crippen LogP contribution is -1.98. The second-order valence-corrected chi connectivity index (χ2v) is 6.28. The van der Waals surface area contributed by atoms with Gasteiger partial charge in [0.05, 0.1) is 10.4 Å². The van der Waals surface area contributed by atoms with Gasteiger partial charge in [-0.15, -0.1) is 0 Å². The molecule has 2 aromatic heterocycles. The van der Waals surface area contributed by atoms with Crippen LogP contribution in [0.1, 0.15) is 0 Å². The lowest BCUT2D eigenvalue weighted by molar-refractivity contribution is 0.602. The minimum atomic E-state index is -3.36. The van der Waals surface area contributed by atoms with E-state index in [-0.39, 0.29) is 10.7 Å². The van der Waals surface area contributed by atoms with Crippen LogP contribution in [0.5, 0.6) is 0 Å². The molecule has 3 rings (SSSR count). The maximum atomic E-state index is 11.8. The molecule has 0 aliphatic heterocycles. The zero-order chi connectivity index (χ0) is 14.3. The summed E-state index contributed by atoms with van der Waals surface area (Å²) >= 11 is 0. The number of nitrogens with zero attached hydrogens (tertiary/aromatic N) is 3. The Labute approximate surface area is 114 Å². The van der Waals surface area contributed by atoms with Crippen molar-refractivity contribution in [3.63, 3.8) is 0 Å². The molecule has 3 N–H and O–H groups in total. The number of para-hydroxylation sites is 1. The highest BCUT2D eigenvalue weighted by Gasteiger charge is 2.17. The molecule has 102 valence electrons. The first-order chi connectivity index (χ1) is 9.47. The maximum Gasteiger partial charge on any atom is 0.177 e. The minimum absolute atomic E-state index is 0.167. The average Bonchev–Trinajstić information content (AvgIpc) is 2.81. The second-order valence-electron chi connectivity index (χ2n) is 4.30. The van der Waals surface area contributed by atoms with Crippen LogP contribution in [0.3, 0.4) is 0 Å². The number of H-pyrrole nitrogens is 1. The third-order valence-corrected chi connectivity index (χ3v) is 3.95. The van der Waals surface area contributed by atoms with Gasteiger partial charge in [0.1, 0.15) is 11.2 Å². The van der Waals surface area contributed by atoms with Crippen LogP contribution in [0, 0.1) is 0 Å². The van der Waals surface area contributed by atoms with E-state index in [1.165, 1.54) is 18.5 Å². The Bertz CT molecular complexity index is 901. The zero-order valence-corrected chi connectivity index (χ0v) is 11.3. The summed E-state index contributed by atoms with van der Waals surface area (Å²) in [6.07, 6.45) is 4.12. The molecule has 8 heteroatoms. The summed E-state index contributed by atoms with van der Waals surface area (Å²) in [7, 11) is -3.36. The van der Waals surface area contributed by atoms with E-state index >= 15 is 0 Å². The van der Waals surface area contributed by atoms with Gasteiger partial charge in [0.25, 0.3) is 0 Å². The molecule has 1 aromatic carbocycles. The van der Waals surface area contributed by atoms with Crippen molar-refractivity contribution in [2.45, 2.75) is 4.90 Å². The number of nitrogens with two attached hydrogens (primary N) is 1. The first kappa shape index (κ1) is 12.5. The number of fused-ring (bicyclic) bond motifs is 1. The Morgan fingerprint density at radius 1 is 1.20 bits per heavy atom. The van der Waals surface area contributed by atoms with Crippen LogP contribution in [-0.2, 0) is 9.84 Å². The van der Waals surface area contributed by atoms with Gasteiger partial charge in [-0.3, -0.25) is 0 Å². The Morgan fingerprint density at radius 3 is 2.65 bits per heavy atom. The highest BCUT2D eigenvalue weighted by Crippen LogP contribution is 2.26. The van der Waals surface area contributed by atoms with E-state index in [0.29, 0.717) is 22.6 Å². The van der Waals surface area contributed by atoms with Crippen LogP contribution in [-0.4, -0.2) is 34.6 Å². The largest absolute Gasteiger partial charge is 0.382 e. The van der Waals surface area contributed by atoms with E-state index in [1.54, 1.807) is 12.1 Å². The number of benzene rings is 1. The molecule has 0 fully saturated rings. The number of imidazole rings is 1. The molecule has 2 heterocycles. The summed E-state index contributed by atoms with van der Waals surface area (Å²) < 4.78 is 23.5. The Morgan fingerprint density at radius 2 is 1.95 bits per heavy atom. The maximum absolute atomic E-state index is 11.8. The van der Waals surface area contributed by atoms with Crippen LogP contribution in [0.2, 0.25) is 0 Å². The molecular formula is C12H11N5O2S. The van der Waals surface area contributed by atoms with Crippen LogP contribution in [0.15, 0.2) is 35.5 Å². The first-order valence-electron chi connectivity index (χ1n) is 5.72. The Kier molecular flexibility index (Phi) is 2.68. The van der Waals surface area contributed by atoms with E-state index < -0.39 is 9.84 Å². The van der Waals surface area contributed by atoms with Gasteiger partial charge in [0.15, 0.2) is 21.5 Å². The van der Waals surface area contributed by atoms with Crippen LogP contribution >= 0.6 is 0 Å². The molecular weight excluding hydrogens is 278 g/mol. The normalized spacial score (nSPS) is 11.8. The fourth-order valence-corrected chi connectivity index (χ4v) is 2.78. The first-order valence-corrected chi connectivity index (χ1v) is 7.61. The van der Waals surface area contributed by atoms with Crippen molar-refractivity contribution >= 4 is 26.7 Å². The van der Waals surface area contributed by atoms with Gasteiger partial charge < -0.3 is 10.7 Å². The van der Waals surface area contributed by atoms with Gasteiger partial charge in [0.2, 0.25) is 0 Å². The van der Waals surface area contributed by atoms with E-state index in [1.807, 2.05) is 0 Å². The number of nitrogens with one attached hydrogen (secondary N) is 1. The van der Waals surface area contributed by atoms with E-state index in [0.717, 1.165) is 6.26 Å². The van der Waals surface area contributed by atoms with Gasteiger partial charge in [-0.2, -0.15) is 0 Å². The number of hydrogen-bond acceptors (Lipinski definition) is 6. The Balaban J connectivity index is 2.30. The van der Waals surface area contributed by atoms with Crippen molar-refractivity contribution in [2.24, 2.45) is 0 Å². The summed E-state index contributed by atoms with van der Waals surface area (Å²) in [5.41, 5.74) is 7.11. The summed E-state index contributed by atoms with van der Waals surface area (Å²) in [5, 5.41) is 0. The third kappa shape index (κ3) is 1.99. The molecule has 0 saturated heterocycles. The molecule has 0 saturated carbocycles. The molecule has 0 atom stereocenters. The molecule has 3 aromatic rings. The van der Waals surface area contributed by atoms with E-state index in [2.05, 4.69) is 19.9 Å². The molecule has 7 nitrogen and oxygen atoms in total. The average molecular weight is 289 g/mol.